The van der Waals surface area contributed by atoms with E-state index in [2.05, 4.69) is 13.0 Å². The fraction of sp³-hybridized carbons (Fsp3) is 0.333. The van der Waals surface area contributed by atoms with Gasteiger partial charge in [0, 0.05) is 0 Å². The average Bonchev–Trinajstić information content (AvgIpc) is 2.59. The van der Waals surface area contributed by atoms with Gasteiger partial charge in [0.1, 0.15) is 5.75 Å². The fourth-order valence-corrected chi connectivity index (χ4v) is 1.93. The van der Waals surface area contributed by atoms with E-state index in [4.69, 9.17) is 5.73 Å². The molecule has 0 saturated heterocycles. The van der Waals surface area contributed by atoms with Gasteiger partial charge in [0.05, 0.1) is 0 Å². The molecule has 1 aromatic carbocycles. The number of aromatic hydroxyl groups is 1. The summed E-state index contributed by atoms with van der Waals surface area (Å²) in [5, 5.41) is 9.41. The van der Waals surface area contributed by atoms with E-state index in [1.807, 2.05) is 12.1 Å². The Balaban J connectivity index is 2.40. The summed E-state index contributed by atoms with van der Waals surface area (Å²) in [6, 6.07) is 5.56. The smallest absolute Gasteiger partial charge is 0.116 e. The van der Waals surface area contributed by atoms with Crippen molar-refractivity contribution in [2.75, 3.05) is 6.54 Å². The Morgan fingerprint density at radius 3 is 3.00 bits per heavy atom. The third-order valence-electron chi connectivity index (χ3n) is 2.83. The zero-order valence-corrected chi connectivity index (χ0v) is 8.33. The topological polar surface area (TPSA) is 46.2 Å². The highest BCUT2D eigenvalue weighted by molar-refractivity contribution is 5.75. The van der Waals surface area contributed by atoms with Gasteiger partial charge in [-0.25, -0.2) is 0 Å². The van der Waals surface area contributed by atoms with E-state index in [1.165, 1.54) is 16.7 Å². The van der Waals surface area contributed by atoms with Crippen molar-refractivity contribution in [2.24, 2.45) is 11.7 Å². The molecule has 14 heavy (non-hydrogen) atoms. The molecule has 0 spiro atoms. The number of hydrogen-bond acceptors (Lipinski definition) is 2. The second-order valence-corrected chi connectivity index (χ2v) is 3.84. The van der Waals surface area contributed by atoms with Crippen LogP contribution in [-0.4, -0.2) is 11.7 Å². The summed E-state index contributed by atoms with van der Waals surface area (Å²) < 4.78 is 0. The van der Waals surface area contributed by atoms with Crippen LogP contribution in [0.1, 0.15) is 18.1 Å². The molecule has 1 unspecified atom stereocenters. The summed E-state index contributed by atoms with van der Waals surface area (Å²) >= 11 is 0. The summed E-state index contributed by atoms with van der Waals surface area (Å²) in [7, 11) is 0. The molecule has 2 heteroatoms. The van der Waals surface area contributed by atoms with Gasteiger partial charge in [-0.05, 0) is 47.7 Å². The lowest BCUT2D eigenvalue weighted by Gasteiger charge is -2.12. The van der Waals surface area contributed by atoms with Gasteiger partial charge in [0.15, 0.2) is 0 Å². The highest BCUT2D eigenvalue weighted by atomic mass is 16.3. The van der Waals surface area contributed by atoms with Gasteiger partial charge in [0.2, 0.25) is 0 Å². The predicted molar refractivity (Wildman–Crippen MR) is 58.0 cm³/mol. The van der Waals surface area contributed by atoms with Crippen molar-refractivity contribution < 1.29 is 5.11 Å². The normalized spacial score (nSPS) is 16.3. The minimum Gasteiger partial charge on any atom is -0.508 e. The molecule has 0 bridgehead atoms. The summed E-state index contributed by atoms with van der Waals surface area (Å²) in [5.41, 5.74) is 9.38. The number of fused-ring (bicyclic) bond motifs is 1. The Bertz CT molecular complexity index is 382. The van der Waals surface area contributed by atoms with E-state index in [1.54, 1.807) is 6.07 Å². The maximum atomic E-state index is 9.41. The molecule has 0 fully saturated rings. The molecular weight excluding hydrogens is 174 g/mol. The number of benzene rings is 1. The molecule has 1 atom stereocenters. The molecule has 0 aromatic heterocycles. The van der Waals surface area contributed by atoms with Crippen LogP contribution in [0.5, 0.6) is 5.75 Å². The van der Waals surface area contributed by atoms with Crippen LogP contribution in [0, 0.1) is 5.92 Å². The van der Waals surface area contributed by atoms with Gasteiger partial charge in [-0.15, -0.1) is 0 Å². The molecule has 0 aliphatic heterocycles. The van der Waals surface area contributed by atoms with Crippen molar-refractivity contribution in [1.82, 2.24) is 0 Å². The Morgan fingerprint density at radius 2 is 2.29 bits per heavy atom. The second-order valence-electron chi connectivity index (χ2n) is 3.84. The van der Waals surface area contributed by atoms with Gasteiger partial charge in [-0.3, -0.25) is 0 Å². The molecule has 0 heterocycles. The van der Waals surface area contributed by atoms with Crippen LogP contribution in [0.2, 0.25) is 0 Å². The van der Waals surface area contributed by atoms with Gasteiger partial charge >= 0.3 is 0 Å². The number of phenols is 1. The van der Waals surface area contributed by atoms with E-state index in [-0.39, 0.29) is 0 Å². The first kappa shape index (κ1) is 9.28. The fourth-order valence-electron chi connectivity index (χ4n) is 1.93. The van der Waals surface area contributed by atoms with Gasteiger partial charge in [-0.1, -0.05) is 19.1 Å². The minimum absolute atomic E-state index is 0.334. The number of allylic oxidation sites excluding steroid dienone is 1. The lowest BCUT2D eigenvalue weighted by atomic mass is 9.95. The summed E-state index contributed by atoms with van der Waals surface area (Å²) in [4.78, 5) is 0. The van der Waals surface area contributed by atoms with Crippen LogP contribution in [0.4, 0.5) is 0 Å². The Kier molecular flexibility index (Phi) is 2.30. The van der Waals surface area contributed by atoms with Gasteiger partial charge in [-0.2, -0.15) is 0 Å². The van der Waals surface area contributed by atoms with E-state index in [9.17, 15) is 5.11 Å². The molecule has 2 nitrogen and oxygen atoms in total. The first-order valence-corrected chi connectivity index (χ1v) is 4.94. The molecule has 0 saturated carbocycles. The summed E-state index contributed by atoms with van der Waals surface area (Å²) in [5.74, 6) is 0.707. The third kappa shape index (κ3) is 1.42. The number of rotatable bonds is 2. The Hall–Kier alpha value is -1.28. The molecule has 0 amide bonds. The zero-order chi connectivity index (χ0) is 10.1. The predicted octanol–water partition coefficient (Wildman–Crippen LogP) is 1.93. The monoisotopic (exact) mass is 189 g/mol. The van der Waals surface area contributed by atoms with Crippen LogP contribution >= 0.6 is 0 Å². The van der Waals surface area contributed by atoms with Crippen molar-refractivity contribution in [3.63, 3.8) is 0 Å². The van der Waals surface area contributed by atoms with E-state index < -0.39 is 0 Å². The lowest BCUT2D eigenvalue weighted by Crippen LogP contribution is -2.11. The molecule has 0 radical (unpaired) electrons. The van der Waals surface area contributed by atoms with E-state index in [0.29, 0.717) is 18.2 Å². The van der Waals surface area contributed by atoms with Crippen molar-refractivity contribution in [2.45, 2.75) is 13.3 Å². The number of nitrogens with two attached hydrogens (primary N) is 1. The van der Waals surface area contributed by atoms with Crippen LogP contribution in [-0.2, 0) is 6.42 Å². The zero-order valence-electron chi connectivity index (χ0n) is 8.33. The quantitative estimate of drug-likeness (QED) is 0.746. The van der Waals surface area contributed by atoms with Crippen molar-refractivity contribution in [3.8, 4) is 5.75 Å². The lowest BCUT2D eigenvalue weighted by molar-refractivity contribution is 0.475. The third-order valence-corrected chi connectivity index (χ3v) is 2.83. The molecule has 1 aliphatic carbocycles. The molecule has 3 N–H and O–H groups in total. The highest BCUT2D eigenvalue weighted by Crippen LogP contribution is 2.34. The van der Waals surface area contributed by atoms with Gasteiger partial charge < -0.3 is 10.8 Å². The standard InChI is InChI=1S/C12H15NO/c1-8(7-13)11-5-3-9-2-4-10(14)6-12(9)11/h2,4-6,8,14H,3,7,13H2,1H3. The number of phenolic OH excluding ortho intramolecular Hbond substituents is 1. The maximum Gasteiger partial charge on any atom is 0.116 e. The Labute approximate surface area is 84.1 Å². The first-order chi connectivity index (χ1) is 6.72. The second kappa shape index (κ2) is 3.46. The Morgan fingerprint density at radius 1 is 1.50 bits per heavy atom. The van der Waals surface area contributed by atoms with Crippen LogP contribution < -0.4 is 5.73 Å². The highest BCUT2D eigenvalue weighted by Gasteiger charge is 2.18. The average molecular weight is 189 g/mol. The SMILES string of the molecule is CC(CN)C1=CCc2ccc(O)cc21. The summed E-state index contributed by atoms with van der Waals surface area (Å²) in [6.07, 6.45) is 3.18. The van der Waals surface area contributed by atoms with E-state index in [0.717, 1.165) is 6.42 Å². The van der Waals surface area contributed by atoms with Crippen molar-refractivity contribution in [1.29, 1.82) is 0 Å². The van der Waals surface area contributed by atoms with Crippen LogP contribution in [0.25, 0.3) is 5.57 Å². The molecular formula is C12H15NO. The van der Waals surface area contributed by atoms with Crippen molar-refractivity contribution in [3.05, 3.63) is 35.4 Å². The van der Waals surface area contributed by atoms with Crippen molar-refractivity contribution >= 4 is 5.57 Å². The molecule has 1 aromatic rings. The van der Waals surface area contributed by atoms with Gasteiger partial charge in [0.25, 0.3) is 0 Å². The van der Waals surface area contributed by atoms with E-state index >= 15 is 0 Å². The largest absolute Gasteiger partial charge is 0.508 e. The molecule has 74 valence electrons. The van der Waals surface area contributed by atoms with Crippen LogP contribution in [0.3, 0.4) is 0 Å². The molecule has 2 rings (SSSR count). The molecule has 1 aliphatic rings. The first-order valence-electron chi connectivity index (χ1n) is 4.94. The minimum atomic E-state index is 0.334. The number of hydrogen-bond donors (Lipinski definition) is 2. The summed E-state index contributed by atoms with van der Waals surface area (Å²) in [6.45, 7) is 2.77. The maximum absolute atomic E-state index is 9.41. The van der Waals surface area contributed by atoms with Crippen LogP contribution in [0.15, 0.2) is 24.3 Å².